The fraction of sp³-hybridized carbons (Fsp3) is 0. The molecule has 0 atom stereocenters. The van der Waals surface area contributed by atoms with Crippen molar-refractivity contribution < 1.29 is 0 Å². The van der Waals surface area contributed by atoms with Gasteiger partial charge in [0.2, 0.25) is 0 Å². The number of hydrogen-bond donors (Lipinski definition) is 0. The molecule has 3 aromatic heterocycles. The Morgan fingerprint density at radius 3 is 0.826 bits per heavy atom. The molecule has 0 radical (unpaired) electrons. The molecular formula is C84H58N8. The Kier molecular flexibility index (Phi) is 14.1. The lowest BCUT2D eigenvalue weighted by Crippen LogP contribution is -2.11. The first-order valence-electron chi connectivity index (χ1n) is 30.9. The number of benzene rings is 13. The van der Waals surface area contributed by atoms with Crippen molar-refractivity contribution >= 4 is 112 Å². The lowest BCUT2D eigenvalue weighted by molar-refractivity contribution is 1.06. The summed E-state index contributed by atoms with van der Waals surface area (Å²) in [5.41, 5.74) is 19.3. The third-order valence-electron chi connectivity index (χ3n) is 17.3. The van der Waals surface area contributed by atoms with E-state index >= 15 is 0 Å². The monoisotopic (exact) mass is 1180 g/mol. The Morgan fingerprint density at radius 2 is 0.543 bits per heavy atom. The summed E-state index contributed by atoms with van der Waals surface area (Å²) in [5, 5.41) is 14.9. The van der Waals surface area contributed by atoms with Crippen LogP contribution >= 0.6 is 0 Å². The highest BCUT2D eigenvalue weighted by Gasteiger charge is 2.30. The van der Waals surface area contributed by atoms with E-state index in [2.05, 4.69) is 362 Å². The first-order valence-corrected chi connectivity index (χ1v) is 30.9. The van der Waals surface area contributed by atoms with Gasteiger partial charge in [0.15, 0.2) is 0 Å². The number of fused-ring (bicyclic) bond motifs is 6. The minimum atomic E-state index is 0.552. The molecule has 0 aliphatic heterocycles. The zero-order valence-corrected chi connectivity index (χ0v) is 50.1. The highest BCUT2D eigenvalue weighted by Crippen LogP contribution is 2.52. The topological polar surface area (TPSA) is 59.5 Å². The number of aromatic nitrogens is 3. The van der Waals surface area contributed by atoms with E-state index in [1.807, 2.05) is 24.4 Å². The second kappa shape index (κ2) is 23.8. The summed E-state index contributed by atoms with van der Waals surface area (Å²) < 4.78 is 4.72. The van der Waals surface area contributed by atoms with Gasteiger partial charge < -0.3 is 24.2 Å². The van der Waals surface area contributed by atoms with Gasteiger partial charge >= 0.3 is 0 Å². The maximum absolute atomic E-state index is 10.7. The number of nitrogens with zero attached hydrogens (tertiary/aromatic N) is 8. The minimum Gasteiger partial charge on any atom is -0.310 e. The average Bonchev–Trinajstić information content (AvgIpc) is 1.57. The van der Waals surface area contributed by atoms with Crippen molar-refractivity contribution in [1.82, 2.24) is 14.1 Å². The van der Waals surface area contributed by atoms with E-state index in [1.165, 1.54) is 0 Å². The predicted molar refractivity (Wildman–Crippen MR) is 382 cm³/mol. The molecule has 0 aliphatic carbocycles. The molecule has 0 fully saturated rings. The highest BCUT2D eigenvalue weighted by molar-refractivity contribution is 6.24. The molecule has 16 rings (SSSR count). The smallest absolute Gasteiger partial charge is 0.138 e. The van der Waals surface area contributed by atoms with Crippen LogP contribution in [0.15, 0.2) is 352 Å². The van der Waals surface area contributed by atoms with Crippen LogP contribution in [0.4, 0.5) is 68.2 Å². The lowest BCUT2D eigenvalue weighted by atomic mass is 10.0. The minimum absolute atomic E-state index is 0.552. The standard InChI is InChI=1S/C84H58N8/c85-58-60-30-25-31-61(56-60)70-57-80(92-77-54-28-50-73(89(66-40-17-5-18-41-66)67-42-19-6-20-43-67)83(77)84-74(51-29-55-78(84)92)90(68-44-21-7-22-45-68)69-46-23-8-24-47-69)86-59-79(70)91-75-52-26-48-71(87(62-32-9-1-10-33-62)63-34-11-2-12-35-63)81(75)82-72(49-27-53-76(82)91)88(64-36-13-3-14-37-64)65-38-15-4-16-39-65/h1-57,59H. The normalized spacial score (nSPS) is 11.2. The summed E-state index contributed by atoms with van der Waals surface area (Å²) >= 11 is 0. The summed E-state index contributed by atoms with van der Waals surface area (Å²) in [6.07, 6.45) is 2.05. The molecule has 0 saturated heterocycles. The Morgan fingerprint density at radius 1 is 0.272 bits per heavy atom. The van der Waals surface area contributed by atoms with Crippen LogP contribution in [0.1, 0.15) is 5.56 Å². The fourth-order valence-electron chi connectivity index (χ4n) is 13.4. The van der Waals surface area contributed by atoms with E-state index in [9.17, 15) is 5.26 Å². The van der Waals surface area contributed by atoms with Crippen molar-refractivity contribution in [3.05, 3.63) is 358 Å². The second-order valence-corrected chi connectivity index (χ2v) is 22.6. The number of nitriles is 1. The van der Waals surface area contributed by atoms with E-state index in [4.69, 9.17) is 4.98 Å². The quantitative estimate of drug-likeness (QED) is 0.102. The van der Waals surface area contributed by atoms with Crippen LogP contribution in [0.25, 0.3) is 66.2 Å². The SMILES string of the molecule is N#Cc1cccc(-c2cc(-n3c4cccc(N(c5ccccc5)c5ccccc5)c4c4c(N(c5ccccc5)c5ccccc5)cccc43)ncc2-n2c3cccc(N(c4ccccc4)c4ccccc4)c3c3c(N(c4ccccc4)c4ccccc4)cccc32)c1. The highest BCUT2D eigenvalue weighted by atomic mass is 15.2. The van der Waals surface area contributed by atoms with E-state index in [-0.39, 0.29) is 0 Å². The molecule has 0 spiro atoms. The first-order chi connectivity index (χ1) is 45.7. The number of rotatable bonds is 15. The van der Waals surface area contributed by atoms with E-state index in [0.717, 1.165) is 129 Å². The van der Waals surface area contributed by atoms with Crippen molar-refractivity contribution in [1.29, 1.82) is 5.26 Å². The van der Waals surface area contributed by atoms with Crippen molar-refractivity contribution in [3.8, 4) is 28.7 Å². The van der Waals surface area contributed by atoms with Crippen molar-refractivity contribution in [3.63, 3.8) is 0 Å². The van der Waals surface area contributed by atoms with E-state index in [0.29, 0.717) is 11.4 Å². The number of anilines is 12. The van der Waals surface area contributed by atoms with Crippen molar-refractivity contribution in [2.75, 3.05) is 19.6 Å². The Hall–Kier alpha value is -12.7. The van der Waals surface area contributed by atoms with E-state index < -0.39 is 0 Å². The molecule has 3 heterocycles. The molecule has 13 aromatic carbocycles. The molecule has 92 heavy (non-hydrogen) atoms. The molecule has 8 nitrogen and oxygen atoms in total. The van der Waals surface area contributed by atoms with Gasteiger partial charge in [0.1, 0.15) is 5.82 Å². The molecular weight excluding hydrogens is 1120 g/mol. The first kappa shape index (κ1) is 54.7. The van der Waals surface area contributed by atoms with Crippen LogP contribution < -0.4 is 19.6 Å². The number of para-hydroxylation sites is 8. The maximum Gasteiger partial charge on any atom is 0.138 e. The van der Waals surface area contributed by atoms with Gasteiger partial charge in [0, 0.05) is 72.6 Å². The molecule has 0 unspecified atom stereocenters. The fourth-order valence-corrected chi connectivity index (χ4v) is 13.4. The van der Waals surface area contributed by atoms with Gasteiger partial charge in [-0.3, -0.25) is 4.57 Å². The Bertz CT molecular complexity index is 4910. The Balaban J connectivity index is 1.02. The van der Waals surface area contributed by atoms with Crippen LogP contribution in [0.3, 0.4) is 0 Å². The molecule has 0 N–H and O–H groups in total. The van der Waals surface area contributed by atoms with Crippen LogP contribution in [-0.2, 0) is 0 Å². The number of hydrogen-bond acceptors (Lipinski definition) is 6. The third kappa shape index (κ3) is 9.62. The predicted octanol–water partition coefficient (Wildman–Crippen LogP) is 22.7. The summed E-state index contributed by atoms with van der Waals surface area (Å²) in [5.74, 6) is 0.707. The van der Waals surface area contributed by atoms with Gasteiger partial charge in [-0.05, 0) is 169 Å². The summed E-state index contributed by atoms with van der Waals surface area (Å²) in [4.78, 5) is 15.2. The van der Waals surface area contributed by atoms with Gasteiger partial charge in [-0.1, -0.05) is 182 Å². The van der Waals surface area contributed by atoms with E-state index in [1.54, 1.807) is 0 Å². The van der Waals surface area contributed by atoms with Gasteiger partial charge in [0.25, 0.3) is 0 Å². The van der Waals surface area contributed by atoms with Gasteiger partial charge in [-0.2, -0.15) is 5.26 Å². The van der Waals surface area contributed by atoms with Gasteiger partial charge in [-0.25, -0.2) is 4.98 Å². The molecule has 0 bridgehead atoms. The van der Waals surface area contributed by atoms with Crippen LogP contribution in [-0.4, -0.2) is 14.1 Å². The molecule has 0 aliphatic rings. The number of pyridine rings is 1. The second-order valence-electron chi connectivity index (χ2n) is 22.6. The summed E-state index contributed by atoms with van der Waals surface area (Å²) in [6.45, 7) is 0. The zero-order chi connectivity index (χ0) is 61.3. The van der Waals surface area contributed by atoms with Crippen LogP contribution in [0.5, 0.6) is 0 Å². The molecule has 0 amide bonds. The third-order valence-corrected chi connectivity index (χ3v) is 17.3. The average molecular weight is 1180 g/mol. The van der Waals surface area contributed by atoms with Gasteiger partial charge in [-0.15, -0.1) is 0 Å². The molecule has 8 heteroatoms. The molecule has 16 aromatic rings. The summed E-state index contributed by atoms with van der Waals surface area (Å²) in [6, 6.07) is 124. The lowest BCUT2D eigenvalue weighted by Gasteiger charge is -2.28. The van der Waals surface area contributed by atoms with Crippen molar-refractivity contribution in [2.24, 2.45) is 0 Å². The van der Waals surface area contributed by atoms with Crippen LogP contribution in [0.2, 0.25) is 0 Å². The van der Waals surface area contributed by atoms with Crippen molar-refractivity contribution in [2.45, 2.75) is 0 Å². The van der Waals surface area contributed by atoms with Crippen LogP contribution in [0, 0.1) is 11.3 Å². The maximum atomic E-state index is 10.7. The zero-order valence-electron chi connectivity index (χ0n) is 50.1. The van der Waals surface area contributed by atoms with Gasteiger partial charge in [0.05, 0.1) is 68.3 Å². The largest absolute Gasteiger partial charge is 0.310 e. The molecule has 434 valence electrons. The summed E-state index contributed by atoms with van der Waals surface area (Å²) in [7, 11) is 0. The Labute approximate surface area is 534 Å². The molecule has 0 saturated carbocycles.